The smallest absolute Gasteiger partial charge is 0.223 e. The van der Waals surface area contributed by atoms with Crippen LogP contribution in [0.25, 0.3) is 22.2 Å². The number of fused-ring (bicyclic) bond motifs is 1. The number of aliphatic hydroxyl groups excluding tert-OH is 1. The average molecular weight is 441 g/mol. The number of pyridine rings is 1. The topological polar surface area (TPSA) is 89.3 Å². The van der Waals surface area contributed by atoms with Gasteiger partial charge in [0.25, 0.3) is 0 Å². The van der Waals surface area contributed by atoms with Crippen LogP contribution in [0.5, 0.6) is 0 Å². The fraction of sp³-hybridized carbons (Fsp3) is 0.458. The highest BCUT2D eigenvalue weighted by atomic mass is 19.1. The Labute approximate surface area is 186 Å². The molecule has 0 aliphatic carbocycles. The van der Waals surface area contributed by atoms with Crippen LogP contribution in [0.2, 0.25) is 0 Å². The van der Waals surface area contributed by atoms with Crippen molar-refractivity contribution in [3.8, 4) is 11.3 Å². The molecule has 1 aliphatic heterocycles. The molecule has 1 aliphatic rings. The molecule has 1 saturated heterocycles. The van der Waals surface area contributed by atoms with Crippen LogP contribution in [0.15, 0.2) is 35.4 Å². The number of hydrogen-bond donors (Lipinski definition) is 2. The fourth-order valence-electron chi connectivity index (χ4n) is 4.05. The lowest BCUT2D eigenvalue weighted by atomic mass is 10.00. The van der Waals surface area contributed by atoms with Gasteiger partial charge in [0.15, 0.2) is 11.2 Å². The van der Waals surface area contributed by atoms with E-state index in [1.54, 1.807) is 18.2 Å². The Kier molecular flexibility index (Phi) is 6.26. The third-order valence-electron chi connectivity index (χ3n) is 5.90. The largest absolute Gasteiger partial charge is 0.389 e. The lowest BCUT2D eigenvalue weighted by Crippen LogP contribution is -2.42. The van der Waals surface area contributed by atoms with Gasteiger partial charge in [-0.25, -0.2) is 14.4 Å². The molecular weight excluding hydrogens is 411 g/mol. The summed E-state index contributed by atoms with van der Waals surface area (Å²) in [5, 5.41) is 13.8. The first-order valence-electron chi connectivity index (χ1n) is 11.0. The van der Waals surface area contributed by atoms with Gasteiger partial charge in [-0.3, -0.25) is 4.79 Å². The molecule has 0 saturated carbocycles. The van der Waals surface area contributed by atoms with Crippen molar-refractivity contribution in [1.29, 1.82) is 0 Å². The van der Waals surface area contributed by atoms with E-state index in [2.05, 4.69) is 15.3 Å². The Bertz CT molecular complexity index is 1190. The van der Waals surface area contributed by atoms with Gasteiger partial charge >= 0.3 is 0 Å². The molecule has 2 atom stereocenters. The van der Waals surface area contributed by atoms with Crippen LogP contribution < -0.4 is 10.7 Å². The van der Waals surface area contributed by atoms with Crippen LogP contribution in [-0.2, 0) is 4.74 Å². The maximum Gasteiger partial charge on any atom is 0.223 e. The van der Waals surface area contributed by atoms with Crippen LogP contribution in [0.1, 0.15) is 51.6 Å². The predicted molar refractivity (Wildman–Crippen MR) is 123 cm³/mol. The molecular formula is C24H29FN4O3. The average Bonchev–Trinajstić information content (AvgIpc) is 2.76. The molecule has 7 nitrogen and oxygen atoms in total. The molecule has 0 bridgehead atoms. The number of rotatable bonds is 5. The van der Waals surface area contributed by atoms with E-state index in [4.69, 9.17) is 4.74 Å². The Hall–Kier alpha value is -2.84. The fourth-order valence-corrected chi connectivity index (χ4v) is 4.05. The molecule has 4 rings (SSSR count). The number of aromatic nitrogens is 3. The summed E-state index contributed by atoms with van der Waals surface area (Å²) in [6.07, 6.45) is 2.95. The van der Waals surface area contributed by atoms with E-state index in [0.29, 0.717) is 24.0 Å². The van der Waals surface area contributed by atoms with Crippen LogP contribution in [0.4, 0.5) is 10.3 Å². The molecule has 0 radical (unpaired) electrons. The first-order valence-corrected chi connectivity index (χ1v) is 11.0. The van der Waals surface area contributed by atoms with Gasteiger partial charge in [-0.05, 0) is 38.3 Å². The Morgan fingerprint density at radius 3 is 2.75 bits per heavy atom. The normalized spacial score (nSPS) is 19.1. The number of hydrogen-bond acceptors (Lipinski definition) is 6. The zero-order chi connectivity index (χ0) is 23.0. The first kappa shape index (κ1) is 22.4. The minimum atomic E-state index is -0.683. The van der Waals surface area contributed by atoms with Crippen LogP contribution in [-0.4, -0.2) is 45.0 Å². The molecule has 3 aromatic rings. The number of nitrogens with zero attached hydrogens (tertiary/aromatic N) is 3. The van der Waals surface area contributed by atoms with Crippen molar-refractivity contribution in [2.24, 2.45) is 0 Å². The van der Waals surface area contributed by atoms with Gasteiger partial charge in [0.05, 0.1) is 30.5 Å². The first-order chi connectivity index (χ1) is 15.3. The lowest BCUT2D eigenvalue weighted by Gasteiger charge is -2.28. The summed E-state index contributed by atoms with van der Waals surface area (Å²) in [5.41, 5.74) is 2.19. The van der Waals surface area contributed by atoms with Gasteiger partial charge < -0.3 is 19.7 Å². The molecule has 2 aromatic heterocycles. The van der Waals surface area contributed by atoms with E-state index in [0.717, 1.165) is 17.3 Å². The summed E-state index contributed by atoms with van der Waals surface area (Å²) in [6, 6.07) is 5.12. The van der Waals surface area contributed by atoms with Gasteiger partial charge in [0, 0.05) is 35.4 Å². The van der Waals surface area contributed by atoms with Gasteiger partial charge in [-0.15, -0.1) is 0 Å². The highest BCUT2D eigenvalue weighted by Gasteiger charge is 2.25. The second kappa shape index (κ2) is 8.96. The molecule has 0 spiro atoms. The van der Waals surface area contributed by atoms with E-state index in [1.165, 1.54) is 0 Å². The number of aliphatic hydroxyl groups is 1. The summed E-state index contributed by atoms with van der Waals surface area (Å²) in [7, 11) is 0. The second-order valence-electron chi connectivity index (χ2n) is 8.87. The standard InChI is InChI=1S/C24H29FN4O3/c1-13(2)17-11-29(14(3)4)20-9-15(5-6-16(20)23(17)31)22-18(25)10-26-24(28-22)27-19-7-8-32-12-21(19)30/h5-6,9-11,13-14,19,21,30H,7-8,12H2,1-4H3,(H,26,27,28)/t19-,21-/m1/s1. The van der Waals surface area contributed by atoms with Crippen LogP contribution in [0.3, 0.4) is 0 Å². The SMILES string of the molecule is CC(C)c1cn(C(C)C)c2cc(-c3nc(N[C@@H]4CCOC[C@H]4O)ncc3F)ccc2c1=O. The number of ether oxygens (including phenoxy) is 1. The van der Waals surface area contributed by atoms with Crippen LogP contribution >= 0.6 is 0 Å². The van der Waals surface area contributed by atoms with E-state index in [-0.39, 0.29) is 41.7 Å². The second-order valence-corrected chi connectivity index (χ2v) is 8.87. The number of halogens is 1. The maximum atomic E-state index is 14.7. The lowest BCUT2D eigenvalue weighted by molar-refractivity contribution is -0.0136. The van der Waals surface area contributed by atoms with Crippen molar-refractivity contribution >= 4 is 16.9 Å². The van der Waals surface area contributed by atoms with Crippen molar-refractivity contribution in [1.82, 2.24) is 14.5 Å². The molecule has 8 heteroatoms. The quantitative estimate of drug-likeness (QED) is 0.626. The summed E-state index contributed by atoms with van der Waals surface area (Å²) in [6.45, 7) is 8.87. The molecule has 32 heavy (non-hydrogen) atoms. The molecule has 1 fully saturated rings. The van der Waals surface area contributed by atoms with Crippen LogP contribution in [0, 0.1) is 5.82 Å². The third-order valence-corrected chi connectivity index (χ3v) is 5.90. The maximum absolute atomic E-state index is 14.7. The Morgan fingerprint density at radius 1 is 1.28 bits per heavy atom. The van der Waals surface area contributed by atoms with Gasteiger partial charge in [0.2, 0.25) is 5.95 Å². The number of anilines is 1. The van der Waals surface area contributed by atoms with Crippen molar-refractivity contribution in [2.75, 3.05) is 18.5 Å². The summed E-state index contributed by atoms with van der Waals surface area (Å²) >= 11 is 0. The zero-order valence-corrected chi connectivity index (χ0v) is 18.8. The molecule has 1 aromatic carbocycles. The molecule has 0 amide bonds. The van der Waals surface area contributed by atoms with Gasteiger partial charge in [0.1, 0.15) is 5.69 Å². The monoisotopic (exact) mass is 440 g/mol. The Balaban J connectivity index is 1.79. The molecule has 3 heterocycles. The highest BCUT2D eigenvalue weighted by Crippen LogP contribution is 2.28. The van der Waals surface area contributed by atoms with Crippen molar-refractivity contribution < 1.29 is 14.2 Å². The summed E-state index contributed by atoms with van der Waals surface area (Å²) in [5.74, 6) is -0.214. The minimum Gasteiger partial charge on any atom is -0.389 e. The molecule has 0 unspecified atom stereocenters. The number of nitrogens with one attached hydrogen (secondary N) is 1. The van der Waals surface area contributed by atoms with E-state index >= 15 is 0 Å². The van der Waals surface area contributed by atoms with E-state index < -0.39 is 11.9 Å². The highest BCUT2D eigenvalue weighted by molar-refractivity contribution is 5.85. The minimum absolute atomic E-state index is 0.00234. The van der Waals surface area contributed by atoms with Gasteiger partial charge in [-0.2, -0.15) is 0 Å². The Morgan fingerprint density at radius 2 is 2.06 bits per heavy atom. The molecule has 170 valence electrons. The summed E-state index contributed by atoms with van der Waals surface area (Å²) in [4.78, 5) is 21.4. The zero-order valence-electron chi connectivity index (χ0n) is 18.8. The molecule has 2 N–H and O–H groups in total. The van der Waals surface area contributed by atoms with Crippen molar-refractivity contribution in [3.05, 3.63) is 52.2 Å². The van der Waals surface area contributed by atoms with E-state index in [9.17, 15) is 14.3 Å². The van der Waals surface area contributed by atoms with Crippen molar-refractivity contribution in [2.45, 2.75) is 58.2 Å². The van der Waals surface area contributed by atoms with Crippen molar-refractivity contribution in [3.63, 3.8) is 0 Å². The summed E-state index contributed by atoms with van der Waals surface area (Å²) < 4.78 is 22.0. The van der Waals surface area contributed by atoms with Gasteiger partial charge in [-0.1, -0.05) is 19.9 Å². The van der Waals surface area contributed by atoms with E-state index in [1.807, 2.05) is 38.5 Å². The number of benzene rings is 1. The third kappa shape index (κ3) is 4.25. The predicted octanol–water partition coefficient (Wildman–Crippen LogP) is 3.86.